The van der Waals surface area contributed by atoms with Gasteiger partial charge in [-0.05, 0) is 42.7 Å². The van der Waals surface area contributed by atoms with Crippen LogP contribution in [-0.2, 0) is 9.59 Å². The topological polar surface area (TPSA) is 91.2 Å². The van der Waals surface area contributed by atoms with E-state index in [1.807, 2.05) is 32.0 Å². The van der Waals surface area contributed by atoms with Crippen molar-refractivity contribution >= 4 is 40.9 Å². The first-order valence-electron chi connectivity index (χ1n) is 9.60. The van der Waals surface area contributed by atoms with E-state index in [0.717, 1.165) is 34.1 Å². The van der Waals surface area contributed by atoms with E-state index >= 15 is 0 Å². The number of carbonyl (C=O) groups is 2. The van der Waals surface area contributed by atoms with E-state index in [-0.39, 0.29) is 24.0 Å². The summed E-state index contributed by atoms with van der Waals surface area (Å²) in [6.07, 6.45) is 0.129. The van der Waals surface area contributed by atoms with Crippen molar-refractivity contribution in [3.63, 3.8) is 0 Å². The smallest absolute Gasteiger partial charge is 0.234 e. The molecule has 0 radical (unpaired) electrons. The first kappa shape index (κ1) is 22.7. The van der Waals surface area contributed by atoms with Gasteiger partial charge in [0.1, 0.15) is 5.75 Å². The zero-order chi connectivity index (χ0) is 22.5. The van der Waals surface area contributed by atoms with Gasteiger partial charge in [-0.15, -0.1) is 0 Å². The quantitative estimate of drug-likeness (QED) is 0.660. The number of nitriles is 1. The standard InChI is InChI=1S/C23H22ClN3O3S/c1-13-5-4-6-14(2)22(13)26-21(29)12-31-23-17(11-25)16(10-20(28)27-23)15-7-8-19(30-3)18(24)9-15/h4-9,16H,10,12H2,1-3H3,(H,26,29)(H,27,28)/t16-/m0/s1. The minimum absolute atomic E-state index is 0.0602. The Morgan fingerprint density at radius 3 is 2.65 bits per heavy atom. The molecular formula is C23H22ClN3O3S. The molecule has 2 aromatic rings. The maximum atomic E-state index is 12.5. The van der Waals surface area contributed by atoms with Gasteiger partial charge < -0.3 is 15.4 Å². The summed E-state index contributed by atoms with van der Waals surface area (Å²) in [5.41, 5.74) is 3.87. The van der Waals surface area contributed by atoms with Crippen LogP contribution in [0.3, 0.4) is 0 Å². The monoisotopic (exact) mass is 455 g/mol. The predicted octanol–water partition coefficient (Wildman–Crippen LogP) is 4.68. The fraction of sp³-hybridized carbons (Fsp3) is 0.261. The number of thioether (sulfide) groups is 1. The van der Waals surface area contributed by atoms with Crippen LogP contribution in [0.4, 0.5) is 5.69 Å². The number of ether oxygens (including phenoxy) is 1. The summed E-state index contributed by atoms with van der Waals surface area (Å²) in [7, 11) is 1.52. The highest BCUT2D eigenvalue weighted by Gasteiger charge is 2.30. The zero-order valence-electron chi connectivity index (χ0n) is 17.4. The van der Waals surface area contributed by atoms with Crippen LogP contribution in [-0.4, -0.2) is 24.7 Å². The summed E-state index contributed by atoms with van der Waals surface area (Å²) in [6.45, 7) is 3.86. The Kier molecular flexibility index (Phi) is 7.26. The van der Waals surface area contributed by atoms with Gasteiger partial charge >= 0.3 is 0 Å². The number of carbonyl (C=O) groups excluding carboxylic acids is 2. The van der Waals surface area contributed by atoms with Gasteiger partial charge in [-0.25, -0.2) is 0 Å². The average Bonchev–Trinajstić information content (AvgIpc) is 2.74. The number of nitrogens with one attached hydrogen (secondary N) is 2. The number of aryl methyl sites for hydroxylation is 2. The molecule has 0 saturated carbocycles. The third kappa shape index (κ3) is 5.22. The Bertz CT molecular complexity index is 1090. The molecule has 2 amide bonds. The maximum Gasteiger partial charge on any atom is 0.234 e. The normalized spacial score (nSPS) is 15.8. The number of allylic oxidation sites excluding steroid dienone is 1. The molecule has 31 heavy (non-hydrogen) atoms. The Morgan fingerprint density at radius 1 is 1.32 bits per heavy atom. The lowest BCUT2D eigenvalue weighted by Crippen LogP contribution is -2.31. The second kappa shape index (κ2) is 9.90. The molecule has 6 nitrogen and oxygen atoms in total. The molecule has 3 rings (SSSR count). The van der Waals surface area contributed by atoms with Crippen LogP contribution in [0.5, 0.6) is 5.75 Å². The first-order chi connectivity index (χ1) is 14.8. The summed E-state index contributed by atoms with van der Waals surface area (Å²) in [6, 6.07) is 13.2. The number of hydrogen-bond acceptors (Lipinski definition) is 5. The number of methoxy groups -OCH3 is 1. The first-order valence-corrected chi connectivity index (χ1v) is 11.0. The number of amides is 2. The molecule has 0 fully saturated rings. The summed E-state index contributed by atoms with van der Waals surface area (Å²) in [4.78, 5) is 24.8. The number of rotatable bonds is 6. The van der Waals surface area contributed by atoms with Crippen LogP contribution in [0.2, 0.25) is 5.02 Å². The highest BCUT2D eigenvalue weighted by atomic mass is 35.5. The lowest BCUT2D eigenvalue weighted by atomic mass is 9.87. The Labute approximate surface area is 190 Å². The second-order valence-electron chi connectivity index (χ2n) is 7.16. The third-order valence-corrected chi connectivity index (χ3v) is 6.34. The molecule has 1 atom stereocenters. The molecule has 0 unspecified atom stereocenters. The molecule has 2 N–H and O–H groups in total. The van der Waals surface area contributed by atoms with Gasteiger partial charge in [0, 0.05) is 18.0 Å². The number of benzene rings is 2. The maximum absolute atomic E-state index is 12.5. The minimum atomic E-state index is -0.439. The van der Waals surface area contributed by atoms with Crippen LogP contribution < -0.4 is 15.4 Å². The number of para-hydroxylation sites is 1. The van der Waals surface area contributed by atoms with Crippen molar-refractivity contribution in [2.24, 2.45) is 0 Å². The molecule has 160 valence electrons. The largest absolute Gasteiger partial charge is 0.495 e. The number of anilines is 1. The second-order valence-corrected chi connectivity index (χ2v) is 8.55. The van der Waals surface area contributed by atoms with Crippen molar-refractivity contribution in [3.8, 4) is 11.8 Å². The Hall–Kier alpha value is -2.95. The van der Waals surface area contributed by atoms with Gasteiger partial charge in [0.25, 0.3) is 0 Å². The van der Waals surface area contributed by atoms with E-state index in [2.05, 4.69) is 16.7 Å². The van der Waals surface area contributed by atoms with E-state index in [0.29, 0.717) is 21.4 Å². The Morgan fingerprint density at radius 2 is 2.03 bits per heavy atom. The summed E-state index contributed by atoms with van der Waals surface area (Å²) in [5.74, 6) is -0.285. The summed E-state index contributed by atoms with van der Waals surface area (Å²) >= 11 is 7.37. The molecule has 1 aliphatic rings. The zero-order valence-corrected chi connectivity index (χ0v) is 19.0. The van der Waals surface area contributed by atoms with Crippen molar-refractivity contribution in [1.82, 2.24) is 5.32 Å². The predicted molar refractivity (Wildman–Crippen MR) is 123 cm³/mol. The van der Waals surface area contributed by atoms with Crippen LogP contribution in [0.15, 0.2) is 47.0 Å². The molecule has 0 saturated heterocycles. The van der Waals surface area contributed by atoms with Crippen LogP contribution in [0, 0.1) is 25.2 Å². The van der Waals surface area contributed by atoms with Gasteiger partial charge in [0.2, 0.25) is 11.8 Å². The molecular weight excluding hydrogens is 434 g/mol. The summed E-state index contributed by atoms with van der Waals surface area (Å²) < 4.78 is 5.18. The molecule has 0 aliphatic carbocycles. The minimum Gasteiger partial charge on any atom is -0.495 e. The van der Waals surface area contributed by atoms with Crippen molar-refractivity contribution < 1.29 is 14.3 Å². The third-order valence-electron chi connectivity index (χ3n) is 5.03. The summed E-state index contributed by atoms with van der Waals surface area (Å²) in [5, 5.41) is 16.3. The lowest BCUT2D eigenvalue weighted by Gasteiger charge is -2.25. The number of hydrogen-bond donors (Lipinski definition) is 2. The van der Waals surface area contributed by atoms with E-state index in [4.69, 9.17) is 16.3 Å². The van der Waals surface area contributed by atoms with Gasteiger partial charge in [-0.2, -0.15) is 5.26 Å². The lowest BCUT2D eigenvalue weighted by molar-refractivity contribution is -0.121. The Balaban J connectivity index is 1.80. The fourth-order valence-corrected chi connectivity index (χ4v) is 4.59. The van der Waals surface area contributed by atoms with E-state index in [9.17, 15) is 14.9 Å². The fourth-order valence-electron chi connectivity index (χ4n) is 3.44. The van der Waals surface area contributed by atoms with Gasteiger partial charge in [0.05, 0.1) is 34.6 Å². The number of nitrogens with zero attached hydrogens (tertiary/aromatic N) is 1. The van der Waals surface area contributed by atoms with Crippen molar-refractivity contribution in [1.29, 1.82) is 5.26 Å². The average molecular weight is 456 g/mol. The molecule has 1 aliphatic heterocycles. The highest BCUT2D eigenvalue weighted by molar-refractivity contribution is 8.03. The van der Waals surface area contributed by atoms with E-state index in [1.54, 1.807) is 18.2 Å². The van der Waals surface area contributed by atoms with Crippen LogP contribution in [0.25, 0.3) is 0 Å². The molecule has 1 heterocycles. The van der Waals surface area contributed by atoms with Crippen molar-refractivity contribution in [3.05, 3.63) is 68.7 Å². The molecule has 8 heteroatoms. The van der Waals surface area contributed by atoms with E-state index < -0.39 is 5.92 Å². The van der Waals surface area contributed by atoms with Gasteiger partial charge in [-0.1, -0.05) is 47.6 Å². The molecule has 2 aromatic carbocycles. The molecule has 0 bridgehead atoms. The number of halogens is 1. The van der Waals surface area contributed by atoms with Crippen LogP contribution >= 0.6 is 23.4 Å². The SMILES string of the molecule is COc1ccc([C@@H]2CC(=O)NC(SCC(=O)Nc3c(C)cccc3C)=C2C#N)cc1Cl. The van der Waals surface area contributed by atoms with E-state index in [1.165, 1.54) is 7.11 Å². The van der Waals surface area contributed by atoms with Crippen molar-refractivity contribution in [2.45, 2.75) is 26.2 Å². The van der Waals surface area contributed by atoms with Crippen LogP contribution in [0.1, 0.15) is 29.0 Å². The van der Waals surface area contributed by atoms with Gasteiger partial charge in [-0.3, -0.25) is 9.59 Å². The van der Waals surface area contributed by atoms with Gasteiger partial charge in [0.15, 0.2) is 0 Å². The van der Waals surface area contributed by atoms with Crippen molar-refractivity contribution in [2.75, 3.05) is 18.2 Å². The molecule has 0 spiro atoms. The highest BCUT2D eigenvalue weighted by Crippen LogP contribution is 2.38. The molecule has 0 aromatic heterocycles.